The third-order valence-corrected chi connectivity index (χ3v) is 6.34. The molecule has 0 saturated carbocycles. The van der Waals surface area contributed by atoms with E-state index in [2.05, 4.69) is 25.6 Å². The summed E-state index contributed by atoms with van der Waals surface area (Å²) in [6.45, 7) is 1.22. The first-order valence-corrected chi connectivity index (χ1v) is 12.9. The van der Waals surface area contributed by atoms with Crippen molar-refractivity contribution in [1.82, 2.24) is 15.0 Å². The number of hydrogen-bond donors (Lipinski definition) is 4. The van der Waals surface area contributed by atoms with Gasteiger partial charge >= 0.3 is 0 Å². The number of hydrogen-bond acceptors (Lipinski definition) is 9. The first kappa shape index (κ1) is 26.5. The fourth-order valence-corrected chi connectivity index (χ4v) is 4.62. The van der Waals surface area contributed by atoms with E-state index in [-0.39, 0.29) is 39.0 Å². The number of amides is 1. The highest BCUT2D eigenvalue weighted by Crippen LogP contribution is 2.27. The molecule has 0 aliphatic rings. The van der Waals surface area contributed by atoms with Crippen LogP contribution in [-0.4, -0.2) is 46.8 Å². The van der Waals surface area contributed by atoms with E-state index < -0.39 is 35.9 Å². The lowest BCUT2D eigenvalue weighted by Crippen LogP contribution is -2.08. The first-order valence-electron chi connectivity index (χ1n) is 9.25. The summed E-state index contributed by atoms with van der Waals surface area (Å²) in [5, 5.41) is 4.65. The molecule has 0 bridgehead atoms. The summed E-state index contributed by atoms with van der Waals surface area (Å²) in [5.41, 5.74) is 0.234. The van der Waals surface area contributed by atoms with Crippen molar-refractivity contribution in [2.24, 2.45) is 0 Å². The Hall–Kier alpha value is -3.14. The molecule has 184 valence electrons. The molecule has 1 heterocycles. The predicted molar refractivity (Wildman–Crippen MR) is 129 cm³/mol. The molecule has 0 saturated heterocycles. The van der Waals surface area contributed by atoms with E-state index in [0.29, 0.717) is 0 Å². The molecule has 35 heavy (non-hydrogen) atoms. The van der Waals surface area contributed by atoms with Gasteiger partial charge in [-0.25, -0.2) is 0 Å². The molecule has 3 aromatic rings. The quantitative estimate of drug-likeness (QED) is 0.244. The van der Waals surface area contributed by atoms with Crippen molar-refractivity contribution >= 4 is 78.8 Å². The average molecular weight is 560 g/mol. The number of carbonyl (C=O) groups is 1. The Morgan fingerprint density at radius 3 is 1.74 bits per heavy atom. The van der Waals surface area contributed by atoms with Gasteiger partial charge in [-0.05, 0) is 58.6 Å². The van der Waals surface area contributed by atoms with Crippen LogP contribution < -0.4 is 10.6 Å². The van der Waals surface area contributed by atoms with Gasteiger partial charge in [-0.1, -0.05) is 24.3 Å². The number of benzene rings is 2. The zero-order valence-corrected chi connectivity index (χ0v) is 20.6. The number of anilines is 3. The zero-order valence-electron chi connectivity index (χ0n) is 17.5. The second-order valence-corrected chi connectivity index (χ2v) is 10.2. The number of nitrogens with zero attached hydrogens (tertiary/aromatic N) is 3. The molecule has 3 rings (SSSR count). The monoisotopic (exact) mass is 559 g/mol. The fraction of sp³-hybridized carbons (Fsp3) is 0.0526. The Morgan fingerprint density at radius 1 is 0.829 bits per heavy atom. The van der Waals surface area contributed by atoms with E-state index in [1.807, 2.05) is 0 Å². The minimum absolute atomic E-state index is 0.0143. The van der Waals surface area contributed by atoms with Crippen molar-refractivity contribution in [3.63, 3.8) is 0 Å². The highest BCUT2D eigenvalue weighted by atomic mass is 35.5. The van der Waals surface area contributed by atoms with Crippen LogP contribution in [-0.2, 0) is 25.0 Å². The number of carbonyl (C=O) groups excluding carboxylic acids is 1. The Bertz CT molecular complexity index is 1540. The molecule has 0 radical (unpaired) electrons. The fourth-order valence-electron chi connectivity index (χ4n) is 2.84. The molecule has 0 unspecified atom stereocenters. The Morgan fingerprint density at radius 2 is 1.29 bits per heavy atom. The van der Waals surface area contributed by atoms with Gasteiger partial charge in [0.2, 0.25) is 22.4 Å². The molecule has 16 heteroatoms. The number of nitrogens with one attached hydrogen (secondary N) is 2. The van der Waals surface area contributed by atoms with Crippen molar-refractivity contribution in [3.8, 4) is 0 Å². The van der Waals surface area contributed by atoms with Crippen LogP contribution in [0.25, 0.3) is 12.2 Å². The average Bonchev–Trinajstić information content (AvgIpc) is 2.71. The molecule has 1 aromatic heterocycles. The molecule has 2 aromatic carbocycles. The first-order chi connectivity index (χ1) is 16.2. The summed E-state index contributed by atoms with van der Waals surface area (Å²) in [6.07, 6.45) is 2.43. The van der Waals surface area contributed by atoms with E-state index in [4.69, 9.17) is 23.2 Å². The Labute approximate surface area is 209 Å². The van der Waals surface area contributed by atoms with E-state index in [1.165, 1.54) is 43.3 Å². The third kappa shape index (κ3) is 7.17. The maximum Gasteiger partial charge on any atom is 0.295 e. The highest BCUT2D eigenvalue weighted by Gasteiger charge is 2.18. The van der Waals surface area contributed by atoms with Crippen molar-refractivity contribution < 1.29 is 30.7 Å². The molecular formula is C19H15Cl2N5O7S2. The van der Waals surface area contributed by atoms with Gasteiger partial charge in [-0.15, -0.1) is 0 Å². The van der Waals surface area contributed by atoms with Crippen LogP contribution in [0.1, 0.15) is 18.1 Å². The van der Waals surface area contributed by atoms with Gasteiger partial charge in [-0.2, -0.15) is 31.8 Å². The minimum Gasteiger partial charge on any atom is -0.326 e. The van der Waals surface area contributed by atoms with Gasteiger partial charge in [0.25, 0.3) is 20.2 Å². The Balaban J connectivity index is 2.02. The maximum absolute atomic E-state index is 12.0. The van der Waals surface area contributed by atoms with E-state index in [9.17, 15) is 30.7 Å². The zero-order chi connectivity index (χ0) is 26.0. The van der Waals surface area contributed by atoms with Gasteiger partial charge < -0.3 is 10.6 Å². The SMILES string of the molecule is CC(=O)Nc1ccc(C=Cc2ccc(Nc3nc(Cl)nc(Cl)n3)cc2S(=O)(=O)O)c(S(=O)(=O)O)c1. The van der Waals surface area contributed by atoms with Gasteiger partial charge in [-0.3, -0.25) is 13.9 Å². The van der Waals surface area contributed by atoms with Crippen LogP contribution in [0.15, 0.2) is 46.2 Å². The van der Waals surface area contributed by atoms with Gasteiger partial charge in [0.15, 0.2) is 0 Å². The molecular weight excluding hydrogens is 545 g/mol. The van der Waals surface area contributed by atoms with Crippen LogP contribution in [0.5, 0.6) is 0 Å². The molecule has 1 amide bonds. The van der Waals surface area contributed by atoms with Gasteiger partial charge in [0.05, 0.1) is 0 Å². The van der Waals surface area contributed by atoms with Crippen LogP contribution in [0.3, 0.4) is 0 Å². The molecule has 4 N–H and O–H groups in total. The van der Waals surface area contributed by atoms with E-state index >= 15 is 0 Å². The summed E-state index contributed by atoms with van der Waals surface area (Å²) in [5.74, 6) is -0.542. The smallest absolute Gasteiger partial charge is 0.295 e. The summed E-state index contributed by atoms with van der Waals surface area (Å²) in [4.78, 5) is 21.3. The highest BCUT2D eigenvalue weighted by molar-refractivity contribution is 7.86. The lowest BCUT2D eigenvalue weighted by Gasteiger charge is -2.10. The summed E-state index contributed by atoms with van der Waals surface area (Å²) >= 11 is 11.4. The van der Waals surface area contributed by atoms with Crippen LogP contribution >= 0.6 is 23.2 Å². The largest absolute Gasteiger partial charge is 0.326 e. The summed E-state index contributed by atoms with van der Waals surface area (Å²) in [6, 6.07) is 7.52. The normalized spacial score (nSPS) is 12.0. The van der Waals surface area contributed by atoms with Crippen molar-refractivity contribution in [3.05, 3.63) is 58.1 Å². The lowest BCUT2D eigenvalue weighted by atomic mass is 10.1. The van der Waals surface area contributed by atoms with Crippen LogP contribution in [0, 0.1) is 0 Å². The van der Waals surface area contributed by atoms with Crippen LogP contribution in [0.4, 0.5) is 17.3 Å². The second kappa shape index (κ2) is 10.2. The minimum atomic E-state index is -4.74. The standard InChI is InChI=1S/C19H15Cl2N5O7S2/c1-10(27)22-13-6-4-11(15(8-13)34(28,29)30)2-3-12-5-7-14(9-16(12)35(31,32)33)23-19-25-17(20)24-18(21)26-19/h2-9H,1H3,(H,22,27)(H,28,29,30)(H,31,32,33)(H,23,24,25,26). The molecule has 0 aliphatic carbocycles. The molecule has 12 nitrogen and oxygen atoms in total. The lowest BCUT2D eigenvalue weighted by molar-refractivity contribution is -0.114. The third-order valence-electron chi connectivity index (χ3n) is 4.18. The van der Waals surface area contributed by atoms with Crippen LogP contribution in [0.2, 0.25) is 10.6 Å². The second-order valence-electron chi connectivity index (χ2n) is 6.79. The molecule has 0 spiro atoms. The predicted octanol–water partition coefficient (Wildman–Crippen LogP) is 3.54. The van der Waals surface area contributed by atoms with E-state index in [0.717, 1.165) is 12.1 Å². The Kier molecular flexibility index (Phi) is 7.74. The summed E-state index contributed by atoms with van der Waals surface area (Å²) < 4.78 is 66.9. The van der Waals surface area contributed by atoms with E-state index in [1.54, 1.807) is 0 Å². The topological polar surface area (TPSA) is 189 Å². The van der Waals surface area contributed by atoms with Gasteiger partial charge in [0, 0.05) is 18.3 Å². The summed E-state index contributed by atoms with van der Waals surface area (Å²) in [7, 11) is -9.44. The number of aromatic nitrogens is 3. The van der Waals surface area contributed by atoms with Crippen molar-refractivity contribution in [1.29, 1.82) is 0 Å². The number of rotatable bonds is 7. The van der Waals surface area contributed by atoms with Crippen molar-refractivity contribution in [2.75, 3.05) is 10.6 Å². The maximum atomic E-state index is 12.0. The molecule has 0 aliphatic heterocycles. The molecule has 0 atom stereocenters. The number of halogens is 2. The van der Waals surface area contributed by atoms with Gasteiger partial charge in [0.1, 0.15) is 9.79 Å². The molecule has 0 fully saturated rings. The van der Waals surface area contributed by atoms with Crippen molar-refractivity contribution in [2.45, 2.75) is 16.7 Å².